The first kappa shape index (κ1) is 17.7. The van der Waals surface area contributed by atoms with Gasteiger partial charge in [-0.25, -0.2) is 4.79 Å². The van der Waals surface area contributed by atoms with Gasteiger partial charge in [0.15, 0.2) is 5.84 Å². The third-order valence-corrected chi connectivity index (χ3v) is 5.40. The van der Waals surface area contributed by atoms with E-state index < -0.39 is 10.0 Å². The zero-order chi connectivity index (χ0) is 19.6. The first-order valence-corrected chi connectivity index (χ1v) is 9.90. The molecule has 2 amide bonds. The van der Waals surface area contributed by atoms with Gasteiger partial charge in [0.05, 0.1) is 0 Å². The quantitative estimate of drug-likeness (QED) is 0.629. The van der Waals surface area contributed by atoms with Crippen LogP contribution in [0.4, 0.5) is 21.9 Å². The Morgan fingerprint density at radius 1 is 0.714 bits per heavy atom. The Morgan fingerprint density at radius 2 is 1.29 bits per heavy atom. The number of carbonyl (C=O) groups excluding carboxylic acids is 1. The minimum Gasteiger partial charge on any atom is -0.339 e. The molecule has 1 aliphatic heterocycles. The van der Waals surface area contributed by atoms with Crippen LogP contribution < -0.4 is 16.0 Å². The van der Waals surface area contributed by atoms with Crippen molar-refractivity contribution in [3.05, 3.63) is 84.4 Å². The first-order chi connectivity index (χ1) is 13.5. The van der Waals surface area contributed by atoms with Gasteiger partial charge in [-0.15, -0.1) is 4.40 Å². The van der Waals surface area contributed by atoms with Crippen molar-refractivity contribution in [2.75, 3.05) is 16.0 Å². The van der Waals surface area contributed by atoms with Gasteiger partial charge in [-0.1, -0.05) is 30.3 Å². The fourth-order valence-electron chi connectivity index (χ4n) is 2.78. The minimum absolute atomic E-state index is 0.188. The Bertz CT molecular complexity index is 1160. The van der Waals surface area contributed by atoms with E-state index in [2.05, 4.69) is 20.3 Å². The Hall–Kier alpha value is -3.65. The van der Waals surface area contributed by atoms with E-state index in [-0.39, 0.29) is 16.8 Å². The highest BCUT2D eigenvalue weighted by molar-refractivity contribution is 7.90. The van der Waals surface area contributed by atoms with Crippen LogP contribution in [0, 0.1) is 0 Å². The van der Waals surface area contributed by atoms with Crippen LogP contribution in [0.2, 0.25) is 0 Å². The van der Waals surface area contributed by atoms with Crippen LogP contribution in [0.5, 0.6) is 0 Å². The Kier molecular flexibility index (Phi) is 4.54. The fourth-order valence-corrected chi connectivity index (χ4v) is 3.96. The smallest absolute Gasteiger partial charge is 0.323 e. The predicted octanol–water partition coefficient (Wildman–Crippen LogP) is 3.89. The van der Waals surface area contributed by atoms with Gasteiger partial charge in [0.2, 0.25) is 0 Å². The van der Waals surface area contributed by atoms with Crippen molar-refractivity contribution in [3.63, 3.8) is 0 Å². The number of nitrogens with one attached hydrogen (secondary N) is 3. The summed E-state index contributed by atoms with van der Waals surface area (Å²) >= 11 is 0. The largest absolute Gasteiger partial charge is 0.339 e. The summed E-state index contributed by atoms with van der Waals surface area (Å²) in [5.74, 6) is 0.276. The average Bonchev–Trinajstić information content (AvgIpc) is 2.95. The molecule has 8 heteroatoms. The van der Waals surface area contributed by atoms with Crippen LogP contribution in [0.25, 0.3) is 0 Å². The van der Waals surface area contributed by atoms with Gasteiger partial charge in [0.25, 0.3) is 10.0 Å². The summed E-state index contributed by atoms with van der Waals surface area (Å²) in [5.41, 5.74) is 2.48. The maximum atomic E-state index is 12.1. The van der Waals surface area contributed by atoms with Crippen LogP contribution in [-0.2, 0) is 10.0 Å². The van der Waals surface area contributed by atoms with Crippen LogP contribution in [-0.4, -0.2) is 20.3 Å². The molecule has 3 aromatic carbocycles. The predicted molar refractivity (Wildman–Crippen MR) is 109 cm³/mol. The van der Waals surface area contributed by atoms with Gasteiger partial charge >= 0.3 is 6.03 Å². The van der Waals surface area contributed by atoms with Gasteiger partial charge in [-0.05, 0) is 48.5 Å². The topological polar surface area (TPSA) is 99.7 Å². The molecule has 1 aliphatic rings. The van der Waals surface area contributed by atoms with E-state index in [1.807, 2.05) is 18.2 Å². The Labute approximate surface area is 162 Å². The second kappa shape index (κ2) is 7.16. The highest BCUT2D eigenvalue weighted by Gasteiger charge is 2.28. The molecule has 7 nitrogen and oxygen atoms in total. The van der Waals surface area contributed by atoms with Crippen molar-refractivity contribution in [2.24, 2.45) is 4.40 Å². The summed E-state index contributed by atoms with van der Waals surface area (Å²) in [6.45, 7) is 0. The number of amidine groups is 1. The average molecular weight is 392 g/mol. The molecular formula is C20H16N4O3S. The lowest BCUT2D eigenvalue weighted by molar-refractivity contribution is 0.262. The zero-order valence-electron chi connectivity index (χ0n) is 14.6. The summed E-state index contributed by atoms with van der Waals surface area (Å²) in [7, 11) is -3.67. The van der Waals surface area contributed by atoms with Crippen molar-refractivity contribution in [1.82, 2.24) is 0 Å². The van der Waals surface area contributed by atoms with E-state index in [9.17, 15) is 13.2 Å². The standard InChI is InChI=1S/C20H16N4O3S/c25-20(22-14-6-2-1-3-7-14)23-16-12-10-15(11-13-16)21-19-17-8-4-5-9-18(17)28(26,27)24-19/h1-13H,(H,21,24)(H2,22,23,25). The molecule has 28 heavy (non-hydrogen) atoms. The molecule has 0 unspecified atom stereocenters. The molecule has 0 aromatic heterocycles. The number of para-hydroxylation sites is 1. The molecule has 0 radical (unpaired) electrons. The van der Waals surface area contributed by atoms with Crippen molar-refractivity contribution in [2.45, 2.75) is 4.90 Å². The maximum absolute atomic E-state index is 12.1. The van der Waals surface area contributed by atoms with Crippen LogP contribution >= 0.6 is 0 Å². The van der Waals surface area contributed by atoms with E-state index >= 15 is 0 Å². The summed E-state index contributed by atoms with van der Waals surface area (Å²) < 4.78 is 28.0. The third kappa shape index (κ3) is 3.72. The third-order valence-electron chi connectivity index (χ3n) is 4.07. The molecule has 0 fully saturated rings. The number of sulfonamides is 1. The van der Waals surface area contributed by atoms with Gasteiger partial charge in [-0.3, -0.25) is 0 Å². The number of anilines is 3. The van der Waals surface area contributed by atoms with Crippen LogP contribution in [0.3, 0.4) is 0 Å². The van der Waals surface area contributed by atoms with Crippen LogP contribution in [0.1, 0.15) is 5.56 Å². The summed E-state index contributed by atoms with van der Waals surface area (Å²) in [4.78, 5) is 12.2. The van der Waals surface area contributed by atoms with Gasteiger partial charge in [0, 0.05) is 22.6 Å². The number of carbonyl (C=O) groups is 1. The molecular weight excluding hydrogens is 376 g/mol. The molecule has 4 rings (SSSR count). The number of hydrogen-bond donors (Lipinski definition) is 3. The molecule has 0 saturated heterocycles. The van der Waals surface area contributed by atoms with Gasteiger partial charge in [-0.2, -0.15) is 8.42 Å². The number of hydrogen-bond acceptors (Lipinski definition) is 4. The number of urea groups is 1. The summed E-state index contributed by atoms with van der Waals surface area (Å²) in [6, 6.07) is 22.3. The van der Waals surface area contributed by atoms with Crippen LogP contribution in [0.15, 0.2) is 88.2 Å². The zero-order valence-corrected chi connectivity index (χ0v) is 15.4. The monoisotopic (exact) mass is 392 g/mol. The molecule has 0 saturated carbocycles. The van der Waals surface area contributed by atoms with Crippen molar-refractivity contribution < 1.29 is 13.2 Å². The molecule has 3 N–H and O–H groups in total. The lowest BCUT2D eigenvalue weighted by Gasteiger charge is -2.10. The Balaban J connectivity index is 1.44. The van der Waals surface area contributed by atoms with E-state index in [4.69, 9.17) is 0 Å². The molecule has 3 aromatic rings. The molecule has 1 heterocycles. The number of benzene rings is 3. The van der Waals surface area contributed by atoms with E-state index in [1.165, 1.54) is 6.07 Å². The fraction of sp³-hybridized carbons (Fsp3) is 0. The van der Waals surface area contributed by atoms with Crippen molar-refractivity contribution in [3.8, 4) is 0 Å². The minimum atomic E-state index is -3.67. The molecule has 0 spiro atoms. The number of amides is 2. The normalized spacial score (nSPS) is 13.9. The van der Waals surface area contributed by atoms with E-state index in [0.29, 0.717) is 22.6 Å². The molecule has 0 atom stereocenters. The summed E-state index contributed by atoms with van der Waals surface area (Å²) in [6.07, 6.45) is 0. The lowest BCUT2D eigenvalue weighted by Crippen LogP contribution is -2.19. The van der Waals surface area contributed by atoms with E-state index in [0.717, 1.165) is 0 Å². The maximum Gasteiger partial charge on any atom is 0.323 e. The first-order valence-electron chi connectivity index (χ1n) is 8.46. The molecule has 0 aliphatic carbocycles. The number of rotatable bonds is 3. The number of fused-ring (bicyclic) bond motifs is 1. The molecule has 0 bridgehead atoms. The lowest BCUT2D eigenvalue weighted by atomic mass is 10.2. The van der Waals surface area contributed by atoms with Gasteiger partial charge in [0.1, 0.15) is 4.90 Å². The highest BCUT2D eigenvalue weighted by Crippen LogP contribution is 2.27. The van der Waals surface area contributed by atoms with E-state index in [1.54, 1.807) is 54.6 Å². The SMILES string of the molecule is O=C(Nc1ccccc1)Nc1ccc(NC2=NS(=O)(=O)c3ccccc32)cc1. The Morgan fingerprint density at radius 3 is 2.00 bits per heavy atom. The molecule has 140 valence electrons. The summed E-state index contributed by atoms with van der Waals surface area (Å²) in [5, 5.41) is 8.48. The van der Waals surface area contributed by atoms with Gasteiger partial charge < -0.3 is 16.0 Å². The second-order valence-electron chi connectivity index (χ2n) is 6.06. The van der Waals surface area contributed by atoms with Crippen molar-refractivity contribution >= 4 is 39.0 Å². The second-order valence-corrected chi connectivity index (χ2v) is 7.63. The van der Waals surface area contributed by atoms with Crippen molar-refractivity contribution in [1.29, 1.82) is 0 Å². The highest BCUT2D eigenvalue weighted by atomic mass is 32.2. The number of nitrogens with zero attached hydrogens (tertiary/aromatic N) is 1.